The van der Waals surface area contributed by atoms with Crippen molar-refractivity contribution in [3.05, 3.63) is 80.3 Å². The quantitative estimate of drug-likeness (QED) is 0.361. The van der Waals surface area contributed by atoms with Crippen molar-refractivity contribution in [1.82, 2.24) is 14.1 Å². The minimum absolute atomic E-state index is 0.0802. The number of hydrogen-bond acceptors (Lipinski definition) is 8. The summed E-state index contributed by atoms with van der Waals surface area (Å²) in [6.07, 6.45) is 0. The van der Waals surface area contributed by atoms with E-state index in [1.807, 2.05) is 12.1 Å². The highest BCUT2D eigenvalue weighted by Gasteiger charge is 2.18. The van der Waals surface area contributed by atoms with Crippen LogP contribution in [0.4, 0.5) is 5.13 Å². The third-order valence-electron chi connectivity index (χ3n) is 5.48. The lowest BCUT2D eigenvalue weighted by Crippen LogP contribution is -2.41. The molecule has 0 saturated heterocycles. The molecule has 1 amide bonds. The first-order chi connectivity index (χ1) is 17.0. The number of hydrogen-bond donors (Lipinski definition) is 1. The Morgan fingerprint density at radius 1 is 1.00 bits per heavy atom. The first-order valence-corrected chi connectivity index (χ1v) is 12.2. The van der Waals surface area contributed by atoms with Gasteiger partial charge in [0.05, 0.1) is 36.5 Å². The molecule has 0 aliphatic carbocycles. The van der Waals surface area contributed by atoms with Gasteiger partial charge in [0.2, 0.25) is 5.91 Å². The number of ether oxygens (including phenoxy) is 2. The predicted octanol–water partition coefficient (Wildman–Crippen LogP) is 3.54. The Morgan fingerprint density at radius 2 is 1.74 bits per heavy atom. The second-order valence-electron chi connectivity index (χ2n) is 7.64. The van der Waals surface area contributed by atoms with Crippen molar-refractivity contribution >= 4 is 54.1 Å². The van der Waals surface area contributed by atoms with Gasteiger partial charge in [-0.3, -0.25) is 18.7 Å². The number of amides is 1. The fourth-order valence-corrected chi connectivity index (χ4v) is 5.43. The molecule has 0 fully saturated rings. The van der Waals surface area contributed by atoms with Crippen LogP contribution in [0.3, 0.4) is 0 Å². The summed E-state index contributed by atoms with van der Waals surface area (Å²) in [5.74, 6) is 0.934. The Bertz CT molecular complexity index is 1660. The fourth-order valence-electron chi connectivity index (χ4n) is 3.73. The Balaban J connectivity index is 1.45. The summed E-state index contributed by atoms with van der Waals surface area (Å²) in [5.41, 5.74) is 0.963. The van der Waals surface area contributed by atoms with E-state index in [0.29, 0.717) is 32.4 Å². The van der Waals surface area contributed by atoms with Gasteiger partial charge in [0.25, 0.3) is 5.56 Å². The molecule has 3 heterocycles. The number of nitrogens with zero attached hydrogens (tertiary/aromatic N) is 3. The predicted molar refractivity (Wildman–Crippen MR) is 137 cm³/mol. The van der Waals surface area contributed by atoms with Crippen molar-refractivity contribution in [2.75, 3.05) is 19.5 Å². The summed E-state index contributed by atoms with van der Waals surface area (Å²) in [6.45, 7) is -0.176. The minimum Gasteiger partial charge on any atom is -0.497 e. The second kappa shape index (κ2) is 9.35. The Morgan fingerprint density at radius 3 is 2.49 bits per heavy atom. The van der Waals surface area contributed by atoms with Crippen molar-refractivity contribution in [3.63, 3.8) is 0 Å². The topological polar surface area (TPSA) is 104 Å². The van der Waals surface area contributed by atoms with E-state index in [4.69, 9.17) is 9.47 Å². The van der Waals surface area contributed by atoms with Gasteiger partial charge in [-0.25, -0.2) is 9.78 Å². The summed E-state index contributed by atoms with van der Waals surface area (Å²) < 4.78 is 14.2. The highest BCUT2D eigenvalue weighted by molar-refractivity contribution is 7.22. The zero-order chi connectivity index (χ0) is 24.5. The number of thiophene rings is 1. The van der Waals surface area contributed by atoms with Gasteiger partial charge in [0.15, 0.2) is 5.13 Å². The average Bonchev–Trinajstić information content (AvgIpc) is 3.51. The normalized spacial score (nSPS) is 11.1. The molecular weight excluding hydrogens is 488 g/mol. The molecule has 9 nitrogen and oxygen atoms in total. The smallest absolute Gasteiger partial charge is 0.332 e. The van der Waals surface area contributed by atoms with Gasteiger partial charge in [-0.2, -0.15) is 0 Å². The van der Waals surface area contributed by atoms with Gasteiger partial charge >= 0.3 is 5.69 Å². The summed E-state index contributed by atoms with van der Waals surface area (Å²) in [7, 11) is 3.15. The first-order valence-electron chi connectivity index (χ1n) is 10.5. The molecule has 0 bridgehead atoms. The van der Waals surface area contributed by atoms with E-state index >= 15 is 0 Å². The molecule has 3 aromatic heterocycles. The largest absolute Gasteiger partial charge is 0.497 e. The summed E-state index contributed by atoms with van der Waals surface area (Å²) in [6, 6.07) is 14.3. The van der Waals surface area contributed by atoms with Gasteiger partial charge < -0.3 is 14.8 Å². The maximum atomic E-state index is 13.3. The zero-order valence-electron chi connectivity index (χ0n) is 18.8. The lowest BCUT2D eigenvalue weighted by Gasteiger charge is -2.12. The highest BCUT2D eigenvalue weighted by atomic mass is 32.1. The van der Waals surface area contributed by atoms with Crippen molar-refractivity contribution in [2.45, 2.75) is 13.1 Å². The van der Waals surface area contributed by atoms with Crippen molar-refractivity contribution in [3.8, 4) is 11.5 Å². The number of rotatable bonds is 7. The molecule has 0 aliphatic heterocycles. The van der Waals surface area contributed by atoms with Crippen LogP contribution in [-0.4, -0.2) is 34.2 Å². The molecule has 0 saturated carbocycles. The van der Waals surface area contributed by atoms with Gasteiger partial charge in [0.1, 0.15) is 22.7 Å². The number of carbonyl (C=O) groups is 1. The van der Waals surface area contributed by atoms with Crippen LogP contribution in [0.25, 0.3) is 20.4 Å². The van der Waals surface area contributed by atoms with Gasteiger partial charge in [-0.05, 0) is 41.3 Å². The number of thiazole rings is 1. The maximum absolute atomic E-state index is 13.3. The standard InChI is InChI=1S/C24H20N4O5S2/c1-32-15-5-3-14(4-6-15)12-28-22(30)21-18(9-10-34-21)27(24(28)31)13-20(29)26-23-25-17-11-16(33-2)7-8-19(17)35-23/h3-11H,12-13H2,1-2H3,(H,25,26,29). The molecule has 0 unspecified atom stereocenters. The number of anilines is 1. The van der Waals surface area contributed by atoms with Gasteiger partial charge in [-0.15, -0.1) is 11.3 Å². The number of carbonyl (C=O) groups excluding carboxylic acids is 1. The molecule has 0 aliphatic rings. The van der Waals surface area contributed by atoms with Crippen LogP contribution < -0.4 is 26.0 Å². The number of nitrogens with one attached hydrogen (secondary N) is 1. The van der Waals surface area contributed by atoms with E-state index in [1.54, 1.807) is 56.0 Å². The Kier molecular flexibility index (Phi) is 6.10. The van der Waals surface area contributed by atoms with E-state index in [0.717, 1.165) is 14.8 Å². The van der Waals surface area contributed by atoms with Crippen LogP contribution in [0.2, 0.25) is 0 Å². The van der Waals surface area contributed by atoms with Crippen LogP contribution >= 0.6 is 22.7 Å². The molecule has 5 rings (SSSR count). The molecule has 1 N–H and O–H groups in total. The van der Waals surface area contributed by atoms with Crippen molar-refractivity contribution in [1.29, 1.82) is 0 Å². The van der Waals surface area contributed by atoms with Crippen LogP contribution in [-0.2, 0) is 17.9 Å². The molecule has 11 heteroatoms. The van der Waals surface area contributed by atoms with E-state index in [9.17, 15) is 14.4 Å². The molecule has 178 valence electrons. The minimum atomic E-state index is -0.555. The molecule has 0 atom stereocenters. The second-order valence-corrected chi connectivity index (χ2v) is 9.59. The zero-order valence-corrected chi connectivity index (χ0v) is 20.4. The number of aromatic nitrogens is 3. The lowest BCUT2D eigenvalue weighted by molar-refractivity contribution is -0.116. The molecular formula is C24H20N4O5S2. The third kappa shape index (κ3) is 4.43. The molecule has 35 heavy (non-hydrogen) atoms. The number of fused-ring (bicyclic) bond motifs is 2. The average molecular weight is 509 g/mol. The van der Waals surface area contributed by atoms with Crippen molar-refractivity contribution in [2.24, 2.45) is 0 Å². The van der Waals surface area contributed by atoms with Crippen molar-refractivity contribution < 1.29 is 14.3 Å². The van der Waals surface area contributed by atoms with E-state index < -0.39 is 11.6 Å². The number of methoxy groups -OCH3 is 2. The lowest BCUT2D eigenvalue weighted by atomic mass is 10.2. The van der Waals surface area contributed by atoms with Crippen LogP contribution in [0.5, 0.6) is 11.5 Å². The third-order valence-corrected chi connectivity index (χ3v) is 7.32. The highest BCUT2D eigenvalue weighted by Crippen LogP contribution is 2.29. The summed E-state index contributed by atoms with van der Waals surface area (Å²) in [4.78, 5) is 43.7. The van der Waals surface area contributed by atoms with Crippen LogP contribution in [0.1, 0.15) is 5.56 Å². The van der Waals surface area contributed by atoms with E-state index in [2.05, 4.69) is 10.3 Å². The fraction of sp³-hybridized carbons (Fsp3) is 0.167. The molecule has 0 radical (unpaired) electrons. The van der Waals surface area contributed by atoms with Gasteiger partial charge in [0, 0.05) is 6.07 Å². The maximum Gasteiger partial charge on any atom is 0.332 e. The van der Waals surface area contributed by atoms with Gasteiger partial charge in [-0.1, -0.05) is 23.5 Å². The summed E-state index contributed by atoms with van der Waals surface area (Å²) >= 11 is 2.56. The molecule has 2 aromatic carbocycles. The first kappa shape index (κ1) is 22.8. The van der Waals surface area contributed by atoms with E-state index in [-0.39, 0.29) is 18.6 Å². The SMILES string of the molecule is COc1ccc(Cn2c(=O)c3sccc3n(CC(=O)Nc3nc4cc(OC)ccc4s3)c2=O)cc1. The van der Waals surface area contributed by atoms with Crippen LogP contribution in [0, 0.1) is 0 Å². The molecule has 0 spiro atoms. The monoisotopic (exact) mass is 508 g/mol. The Hall–Kier alpha value is -3.96. The van der Waals surface area contributed by atoms with E-state index in [1.165, 1.54) is 27.2 Å². The molecule has 5 aromatic rings. The number of benzene rings is 2. The summed E-state index contributed by atoms with van der Waals surface area (Å²) in [5, 5.41) is 4.92. The van der Waals surface area contributed by atoms with Crippen LogP contribution in [0.15, 0.2) is 63.5 Å². The Labute approximate surface area is 206 Å².